The number of hydrogen-bond acceptors (Lipinski definition) is 4. The van der Waals surface area contributed by atoms with Gasteiger partial charge in [0.2, 0.25) is 5.91 Å². The van der Waals surface area contributed by atoms with Gasteiger partial charge in [-0.25, -0.2) is 4.39 Å². The summed E-state index contributed by atoms with van der Waals surface area (Å²) in [7, 11) is 1.79. The second-order valence-electron chi connectivity index (χ2n) is 9.34. The summed E-state index contributed by atoms with van der Waals surface area (Å²) in [6.07, 6.45) is 0.529. The molecule has 3 aromatic rings. The normalized spacial score (nSPS) is 17.6. The van der Waals surface area contributed by atoms with Gasteiger partial charge in [0.1, 0.15) is 17.7 Å². The monoisotopic (exact) mass is 492 g/mol. The van der Waals surface area contributed by atoms with E-state index in [2.05, 4.69) is 5.10 Å². The van der Waals surface area contributed by atoms with E-state index in [9.17, 15) is 14.0 Å². The number of benzene rings is 2. The van der Waals surface area contributed by atoms with Gasteiger partial charge in [-0.1, -0.05) is 30.3 Å². The highest BCUT2D eigenvalue weighted by Crippen LogP contribution is 2.27. The zero-order chi connectivity index (χ0) is 25.7. The SMILES string of the molecule is CCn1nc(C(=O)N2CC[C@H](Oc3ccc(F)cc3)[C@@H](CC(=O)N(C)Cc3ccccc3)C2)cc1C. The minimum Gasteiger partial charge on any atom is -0.490 e. The minimum atomic E-state index is -0.334. The molecule has 8 heteroatoms. The van der Waals surface area contributed by atoms with E-state index in [1.54, 1.807) is 39.7 Å². The van der Waals surface area contributed by atoms with Crippen molar-refractivity contribution in [3.05, 3.63) is 83.4 Å². The van der Waals surface area contributed by atoms with Crippen molar-refractivity contribution < 1.29 is 18.7 Å². The third-order valence-corrected chi connectivity index (χ3v) is 6.68. The molecule has 4 rings (SSSR count). The van der Waals surface area contributed by atoms with E-state index in [-0.39, 0.29) is 36.1 Å². The van der Waals surface area contributed by atoms with Gasteiger partial charge in [0.25, 0.3) is 5.91 Å². The molecule has 1 fully saturated rings. The summed E-state index contributed by atoms with van der Waals surface area (Å²) in [6.45, 7) is 5.99. The number of piperidine rings is 1. The van der Waals surface area contributed by atoms with E-state index in [4.69, 9.17) is 4.74 Å². The fourth-order valence-corrected chi connectivity index (χ4v) is 4.66. The predicted molar refractivity (Wildman–Crippen MR) is 135 cm³/mol. The number of likely N-dealkylation sites (tertiary alicyclic amines) is 1. The maximum absolute atomic E-state index is 13.4. The lowest BCUT2D eigenvalue weighted by molar-refractivity contribution is -0.132. The lowest BCUT2D eigenvalue weighted by atomic mass is 9.90. The molecule has 1 aromatic heterocycles. The highest BCUT2D eigenvalue weighted by molar-refractivity contribution is 5.92. The van der Waals surface area contributed by atoms with Gasteiger partial charge in [0, 0.05) is 57.7 Å². The van der Waals surface area contributed by atoms with Crippen LogP contribution in [0.5, 0.6) is 5.75 Å². The number of carbonyl (C=O) groups is 2. The highest BCUT2D eigenvalue weighted by atomic mass is 19.1. The molecule has 0 aliphatic carbocycles. The Bertz CT molecular complexity index is 1180. The minimum absolute atomic E-state index is 0.0167. The van der Waals surface area contributed by atoms with Crippen molar-refractivity contribution in [1.82, 2.24) is 19.6 Å². The molecule has 2 heterocycles. The average Bonchev–Trinajstić information content (AvgIpc) is 3.27. The van der Waals surface area contributed by atoms with E-state index in [0.29, 0.717) is 44.0 Å². The van der Waals surface area contributed by atoms with Gasteiger partial charge in [-0.3, -0.25) is 14.3 Å². The molecule has 1 saturated heterocycles. The van der Waals surface area contributed by atoms with Crippen molar-refractivity contribution in [2.75, 3.05) is 20.1 Å². The summed E-state index contributed by atoms with van der Waals surface area (Å²) < 4.78 is 21.4. The molecule has 2 amide bonds. The maximum atomic E-state index is 13.4. The quantitative estimate of drug-likeness (QED) is 0.470. The third kappa shape index (κ3) is 6.11. The molecule has 0 radical (unpaired) electrons. The number of amides is 2. The zero-order valence-electron chi connectivity index (χ0n) is 21.1. The van der Waals surface area contributed by atoms with Crippen LogP contribution in [-0.2, 0) is 17.9 Å². The standard InChI is InChI=1S/C28H33FN4O3/c1-4-33-20(2)16-25(30-33)28(35)32-15-14-26(36-24-12-10-23(29)11-13-24)22(19-32)17-27(34)31(3)18-21-8-6-5-7-9-21/h5-13,16,22,26H,4,14-15,17-19H2,1-3H3/t22-,26-/m0/s1. The first-order valence-corrected chi connectivity index (χ1v) is 12.4. The lowest BCUT2D eigenvalue weighted by Gasteiger charge is -2.38. The molecule has 0 N–H and O–H groups in total. The smallest absolute Gasteiger partial charge is 0.274 e. The van der Waals surface area contributed by atoms with Crippen LogP contribution in [0.15, 0.2) is 60.7 Å². The van der Waals surface area contributed by atoms with Crippen LogP contribution in [0, 0.1) is 18.7 Å². The molecule has 1 aliphatic heterocycles. The molecule has 2 aromatic carbocycles. The number of aryl methyl sites for hydroxylation is 2. The van der Waals surface area contributed by atoms with Crippen molar-refractivity contribution in [3.63, 3.8) is 0 Å². The fourth-order valence-electron chi connectivity index (χ4n) is 4.66. The van der Waals surface area contributed by atoms with Crippen molar-refractivity contribution >= 4 is 11.8 Å². The molecule has 0 unspecified atom stereocenters. The van der Waals surface area contributed by atoms with Crippen LogP contribution in [0.4, 0.5) is 4.39 Å². The first-order chi connectivity index (χ1) is 17.3. The fraction of sp³-hybridized carbons (Fsp3) is 0.393. The summed E-state index contributed by atoms with van der Waals surface area (Å²) in [5, 5.41) is 4.44. The number of rotatable bonds is 8. The molecule has 0 spiro atoms. The van der Waals surface area contributed by atoms with E-state index in [1.807, 2.05) is 44.2 Å². The molecular formula is C28H33FN4O3. The van der Waals surface area contributed by atoms with Gasteiger partial charge in [-0.05, 0) is 49.7 Å². The number of carbonyl (C=O) groups excluding carboxylic acids is 2. The van der Waals surface area contributed by atoms with E-state index < -0.39 is 0 Å². The second kappa shape index (κ2) is 11.4. The van der Waals surface area contributed by atoms with Gasteiger partial charge >= 0.3 is 0 Å². The average molecular weight is 493 g/mol. The van der Waals surface area contributed by atoms with Gasteiger partial charge in [0.05, 0.1) is 0 Å². The zero-order valence-corrected chi connectivity index (χ0v) is 21.1. The number of halogens is 1. The Morgan fingerprint density at radius 1 is 1.14 bits per heavy atom. The molecule has 2 atom stereocenters. The van der Waals surface area contributed by atoms with E-state index in [0.717, 1.165) is 11.3 Å². The number of aromatic nitrogens is 2. The van der Waals surface area contributed by atoms with Crippen LogP contribution in [0.3, 0.4) is 0 Å². The topological polar surface area (TPSA) is 67.7 Å². The van der Waals surface area contributed by atoms with Crippen LogP contribution >= 0.6 is 0 Å². The van der Waals surface area contributed by atoms with Crippen LogP contribution in [0.2, 0.25) is 0 Å². The molecule has 0 saturated carbocycles. The van der Waals surface area contributed by atoms with Crippen molar-refractivity contribution in [2.24, 2.45) is 5.92 Å². The van der Waals surface area contributed by atoms with Crippen molar-refractivity contribution in [2.45, 2.75) is 45.9 Å². The first-order valence-electron chi connectivity index (χ1n) is 12.4. The van der Waals surface area contributed by atoms with Crippen LogP contribution < -0.4 is 4.74 Å². The Labute approximate surface area is 211 Å². The Hall–Kier alpha value is -3.68. The second-order valence-corrected chi connectivity index (χ2v) is 9.34. The maximum Gasteiger partial charge on any atom is 0.274 e. The van der Waals surface area contributed by atoms with Gasteiger partial charge in [0.15, 0.2) is 5.69 Å². The summed E-state index contributed by atoms with van der Waals surface area (Å²) in [6, 6.07) is 17.5. The summed E-state index contributed by atoms with van der Waals surface area (Å²) >= 11 is 0. The molecule has 190 valence electrons. The Morgan fingerprint density at radius 2 is 1.86 bits per heavy atom. The largest absolute Gasteiger partial charge is 0.490 e. The summed E-state index contributed by atoms with van der Waals surface area (Å²) in [5.41, 5.74) is 2.40. The van der Waals surface area contributed by atoms with Crippen molar-refractivity contribution in [3.8, 4) is 5.75 Å². The van der Waals surface area contributed by atoms with Gasteiger partial charge in [-0.15, -0.1) is 0 Å². The Balaban J connectivity index is 1.49. The summed E-state index contributed by atoms with van der Waals surface area (Å²) in [4.78, 5) is 29.9. The van der Waals surface area contributed by atoms with E-state index in [1.165, 1.54) is 12.1 Å². The third-order valence-electron chi connectivity index (χ3n) is 6.68. The van der Waals surface area contributed by atoms with E-state index >= 15 is 0 Å². The predicted octanol–water partition coefficient (Wildman–Crippen LogP) is 4.31. The van der Waals surface area contributed by atoms with Crippen LogP contribution in [0.1, 0.15) is 41.5 Å². The first kappa shape index (κ1) is 25.4. The van der Waals surface area contributed by atoms with Gasteiger partial charge < -0.3 is 14.5 Å². The van der Waals surface area contributed by atoms with Crippen LogP contribution in [-0.4, -0.2) is 57.6 Å². The molecule has 0 bridgehead atoms. The summed E-state index contributed by atoms with van der Waals surface area (Å²) in [5.74, 6) is -0.155. The number of nitrogens with zero attached hydrogens (tertiary/aromatic N) is 4. The highest BCUT2D eigenvalue weighted by Gasteiger charge is 2.36. The van der Waals surface area contributed by atoms with Crippen molar-refractivity contribution in [1.29, 1.82) is 0 Å². The number of ether oxygens (including phenoxy) is 1. The molecule has 7 nitrogen and oxygen atoms in total. The number of hydrogen-bond donors (Lipinski definition) is 0. The molecule has 36 heavy (non-hydrogen) atoms. The Morgan fingerprint density at radius 3 is 2.53 bits per heavy atom. The molecule has 1 aliphatic rings. The lowest BCUT2D eigenvalue weighted by Crippen LogP contribution is -2.49. The Kier molecular flexibility index (Phi) is 8.03. The van der Waals surface area contributed by atoms with Crippen LogP contribution in [0.25, 0.3) is 0 Å². The van der Waals surface area contributed by atoms with Gasteiger partial charge in [-0.2, -0.15) is 5.10 Å². The molecular weight excluding hydrogens is 459 g/mol.